The van der Waals surface area contributed by atoms with Crippen LogP contribution in [0.4, 0.5) is 5.69 Å². The number of imide groups is 1. The second kappa shape index (κ2) is 8.67. The molecule has 2 unspecified atom stereocenters. The summed E-state index contributed by atoms with van der Waals surface area (Å²) < 4.78 is 5.72. The molecule has 2 bridgehead atoms. The fourth-order valence-corrected chi connectivity index (χ4v) is 6.70. The van der Waals surface area contributed by atoms with Crippen LogP contribution in [0, 0.1) is 11.8 Å². The van der Waals surface area contributed by atoms with Crippen LogP contribution < -0.4 is 9.64 Å². The summed E-state index contributed by atoms with van der Waals surface area (Å²) in [6.45, 7) is 0. The molecule has 8 rings (SSSR count). The average molecular weight is 520 g/mol. The monoisotopic (exact) mass is 519 g/mol. The zero-order chi connectivity index (χ0) is 26.0. The van der Waals surface area contributed by atoms with Crippen molar-refractivity contribution in [1.29, 1.82) is 0 Å². The minimum Gasteiger partial charge on any atom is -0.424 e. The topological polar surface area (TPSA) is 63.7 Å². The first-order valence-electron chi connectivity index (χ1n) is 12.6. The zero-order valence-corrected chi connectivity index (χ0v) is 21.0. The first-order chi connectivity index (χ1) is 18.5. The van der Waals surface area contributed by atoms with E-state index >= 15 is 0 Å². The SMILES string of the molecule is O=C(Cc1ccc(Cl)cc1)Oc1ccccc1N1C(=O)C2C3c4ccccc4C(c4ccccc43)C2C1=O. The third-order valence-corrected chi connectivity index (χ3v) is 8.29. The molecule has 2 amide bonds. The molecule has 4 aromatic carbocycles. The summed E-state index contributed by atoms with van der Waals surface area (Å²) in [5, 5.41) is 0.582. The molecule has 1 saturated heterocycles. The maximum Gasteiger partial charge on any atom is 0.315 e. The van der Waals surface area contributed by atoms with E-state index in [1.54, 1.807) is 48.5 Å². The molecule has 0 spiro atoms. The number of esters is 1. The number of halogens is 1. The van der Waals surface area contributed by atoms with Crippen molar-refractivity contribution in [2.75, 3.05) is 4.90 Å². The number of rotatable bonds is 4. The number of carbonyl (C=O) groups excluding carboxylic acids is 3. The van der Waals surface area contributed by atoms with Crippen LogP contribution in [0.3, 0.4) is 0 Å². The normalized spacial score (nSPS) is 22.6. The van der Waals surface area contributed by atoms with E-state index in [2.05, 4.69) is 24.3 Å². The molecule has 1 aliphatic heterocycles. The van der Waals surface area contributed by atoms with Crippen molar-refractivity contribution in [3.63, 3.8) is 0 Å². The van der Waals surface area contributed by atoms with Gasteiger partial charge in [0.2, 0.25) is 11.8 Å². The number of hydrogen-bond donors (Lipinski definition) is 0. The Morgan fingerprint density at radius 3 is 1.68 bits per heavy atom. The Morgan fingerprint density at radius 1 is 0.684 bits per heavy atom. The van der Waals surface area contributed by atoms with Gasteiger partial charge in [-0.15, -0.1) is 0 Å². The molecule has 1 heterocycles. The quantitative estimate of drug-likeness (QED) is 0.192. The number of para-hydroxylation sites is 2. The van der Waals surface area contributed by atoms with E-state index in [9.17, 15) is 14.4 Å². The van der Waals surface area contributed by atoms with Crippen LogP contribution in [0.15, 0.2) is 97.1 Å². The van der Waals surface area contributed by atoms with Gasteiger partial charge in [-0.05, 0) is 52.1 Å². The van der Waals surface area contributed by atoms with Gasteiger partial charge in [0.15, 0.2) is 5.75 Å². The highest BCUT2D eigenvalue weighted by Gasteiger charge is 2.62. The number of benzene rings is 4. The molecule has 4 aliphatic rings. The van der Waals surface area contributed by atoms with Crippen molar-refractivity contribution in [1.82, 2.24) is 0 Å². The smallest absolute Gasteiger partial charge is 0.315 e. The van der Waals surface area contributed by atoms with Gasteiger partial charge >= 0.3 is 5.97 Å². The Bertz CT molecular complexity index is 1510. The van der Waals surface area contributed by atoms with E-state index in [-0.39, 0.29) is 35.8 Å². The van der Waals surface area contributed by atoms with Crippen molar-refractivity contribution < 1.29 is 19.1 Å². The summed E-state index contributed by atoms with van der Waals surface area (Å²) in [6, 6.07) is 30.0. The summed E-state index contributed by atoms with van der Waals surface area (Å²) in [4.78, 5) is 42.2. The molecule has 0 aromatic heterocycles. The molecule has 5 nitrogen and oxygen atoms in total. The number of hydrogen-bond acceptors (Lipinski definition) is 4. The summed E-state index contributed by atoms with van der Waals surface area (Å²) in [5.74, 6) is -2.20. The van der Waals surface area contributed by atoms with Gasteiger partial charge < -0.3 is 4.74 Å². The van der Waals surface area contributed by atoms with E-state index in [0.717, 1.165) is 27.8 Å². The van der Waals surface area contributed by atoms with Crippen molar-refractivity contribution in [3.05, 3.63) is 130 Å². The molecule has 3 aliphatic carbocycles. The van der Waals surface area contributed by atoms with E-state index in [4.69, 9.17) is 16.3 Å². The fourth-order valence-electron chi connectivity index (χ4n) is 6.57. The largest absolute Gasteiger partial charge is 0.424 e. The van der Waals surface area contributed by atoms with Crippen molar-refractivity contribution >= 4 is 35.1 Å². The van der Waals surface area contributed by atoms with Crippen LogP contribution in [0.25, 0.3) is 0 Å². The maximum atomic E-state index is 14.1. The van der Waals surface area contributed by atoms with Gasteiger partial charge in [0.05, 0.1) is 23.9 Å². The highest BCUT2D eigenvalue weighted by Crippen LogP contribution is 2.61. The Morgan fingerprint density at radius 2 is 1.16 bits per heavy atom. The Hall–Kier alpha value is -4.22. The predicted octanol–water partition coefficient (Wildman–Crippen LogP) is 5.88. The molecule has 6 heteroatoms. The van der Waals surface area contributed by atoms with Gasteiger partial charge in [0.25, 0.3) is 0 Å². The second-order valence-corrected chi connectivity index (χ2v) is 10.5. The summed E-state index contributed by atoms with van der Waals surface area (Å²) in [7, 11) is 0. The Balaban J connectivity index is 1.25. The molecule has 2 atom stereocenters. The number of nitrogens with zero attached hydrogens (tertiary/aromatic N) is 1. The first-order valence-corrected chi connectivity index (χ1v) is 13.0. The van der Waals surface area contributed by atoms with E-state index in [0.29, 0.717) is 10.7 Å². The van der Waals surface area contributed by atoms with Crippen LogP contribution in [-0.2, 0) is 20.8 Å². The zero-order valence-electron chi connectivity index (χ0n) is 20.2. The van der Waals surface area contributed by atoms with E-state index in [1.165, 1.54) is 4.90 Å². The van der Waals surface area contributed by atoms with E-state index in [1.807, 2.05) is 24.3 Å². The average Bonchev–Trinajstić information content (AvgIpc) is 3.20. The first kappa shape index (κ1) is 22.9. The fraction of sp³-hybridized carbons (Fsp3) is 0.156. The van der Waals surface area contributed by atoms with Crippen LogP contribution in [-0.4, -0.2) is 17.8 Å². The lowest BCUT2D eigenvalue weighted by Gasteiger charge is -2.45. The van der Waals surface area contributed by atoms with Gasteiger partial charge in [-0.25, -0.2) is 4.90 Å². The van der Waals surface area contributed by atoms with Gasteiger partial charge in [0, 0.05) is 16.9 Å². The molecule has 4 aromatic rings. The molecule has 38 heavy (non-hydrogen) atoms. The maximum absolute atomic E-state index is 14.1. The highest BCUT2D eigenvalue weighted by atomic mass is 35.5. The lowest BCUT2D eigenvalue weighted by atomic mass is 9.55. The summed E-state index contributed by atoms with van der Waals surface area (Å²) >= 11 is 5.95. The van der Waals surface area contributed by atoms with Crippen molar-refractivity contribution in [2.45, 2.75) is 18.3 Å². The molecular formula is C32H22ClNO4. The van der Waals surface area contributed by atoms with Gasteiger partial charge in [-0.2, -0.15) is 0 Å². The minimum absolute atomic E-state index is 0.0351. The highest BCUT2D eigenvalue weighted by molar-refractivity contribution is 6.30. The number of carbonyl (C=O) groups is 3. The third-order valence-electron chi connectivity index (χ3n) is 8.04. The van der Waals surface area contributed by atoms with Crippen LogP contribution in [0.5, 0.6) is 5.75 Å². The molecule has 0 N–H and O–H groups in total. The molecule has 0 saturated carbocycles. The number of ether oxygens (including phenoxy) is 1. The second-order valence-electron chi connectivity index (χ2n) is 10.0. The Labute approximate surface area is 224 Å². The lowest BCUT2D eigenvalue weighted by molar-refractivity contribution is -0.134. The number of amides is 2. The summed E-state index contributed by atoms with van der Waals surface area (Å²) in [6.07, 6.45) is 0.0351. The Kier molecular flexibility index (Phi) is 5.24. The van der Waals surface area contributed by atoms with E-state index < -0.39 is 17.8 Å². The molecule has 186 valence electrons. The minimum atomic E-state index is -0.505. The molecular weight excluding hydrogens is 498 g/mol. The third kappa shape index (κ3) is 3.35. The number of anilines is 1. The van der Waals surface area contributed by atoms with Crippen LogP contribution in [0.1, 0.15) is 39.7 Å². The van der Waals surface area contributed by atoms with Gasteiger partial charge in [-0.3, -0.25) is 14.4 Å². The molecule has 0 radical (unpaired) electrons. The van der Waals surface area contributed by atoms with Crippen molar-refractivity contribution in [3.8, 4) is 5.75 Å². The van der Waals surface area contributed by atoms with Crippen LogP contribution >= 0.6 is 11.6 Å². The molecule has 1 fully saturated rings. The van der Waals surface area contributed by atoms with Crippen molar-refractivity contribution in [2.24, 2.45) is 11.8 Å². The van der Waals surface area contributed by atoms with Gasteiger partial charge in [0.1, 0.15) is 0 Å². The van der Waals surface area contributed by atoms with Gasteiger partial charge in [-0.1, -0.05) is 84.4 Å². The standard InChI is InChI=1S/C32H22ClNO4/c33-19-15-13-18(14-16-19)17-26(35)38-25-12-6-5-11-24(25)34-31(36)29-27-20-7-1-2-8-21(20)28(30(29)32(34)37)23-10-4-3-9-22(23)27/h1-16,27-30H,17H2. The summed E-state index contributed by atoms with van der Waals surface area (Å²) in [5.41, 5.74) is 5.51. The predicted molar refractivity (Wildman–Crippen MR) is 143 cm³/mol. The van der Waals surface area contributed by atoms with Crippen LogP contribution in [0.2, 0.25) is 5.02 Å². The lowest BCUT2D eigenvalue weighted by Crippen LogP contribution is -2.41.